The van der Waals surface area contributed by atoms with Crippen LogP contribution >= 0.6 is 7.60 Å². The standard InChI is InChI=1S/C10H13O6P.Na/c1-3-15-17(12,13)10(11)16-9-6-4-8(14-2)5-7-9;/h4-7H,3H2,1-2H3,(H,12,13);. The summed E-state index contributed by atoms with van der Waals surface area (Å²) in [7, 11) is -2.86. The van der Waals surface area contributed by atoms with Gasteiger partial charge in [-0.05, 0) is 31.2 Å². The molecule has 1 aromatic rings. The molecule has 0 saturated carbocycles. The van der Waals surface area contributed by atoms with E-state index in [1.807, 2.05) is 0 Å². The van der Waals surface area contributed by atoms with Gasteiger partial charge in [0.15, 0.2) is 0 Å². The van der Waals surface area contributed by atoms with Crippen LogP contribution in [0.5, 0.6) is 11.5 Å². The van der Waals surface area contributed by atoms with Crippen molar-refractivity contribution >= 4 is 42.9 Å². The second-order valence-corrected chi connectivity index (χ2v) is 4.65. The Balaban J connectivity index is 0.00000289. The van der Waals surface area contributed by atoms with E-state index in [9.17, 15) is 14.3 Å². The second kappa shape index (κ2) is 7.94. The van der Waals surface area contributed by atoms with Crippen molar-refractivity contribution in [2.75, 3.05) is 13.7 Å². The van der Waals surface area contributed by atoms with Crippen LogP contribution in [0.3, 0.4) is 0 Å². The molecule has 1 rings (SSSR count). The van der Waals surface area contributed by atoms with Crippen LogP contribution in [0.2, 0.25) is 0 Å². The SMILES string of the molecule is CCOP(=O)(O)C(=O)Oc1ccc(OC)cc1.[Na]. The van der Waals surface area contributed by atoms with Gasteiger partial charge in [-0.2, -0.15) is 0 Å². The van der Waals surface area contributed by atoms with Crippen LogP contribution in [-0.4, -0.2) is 53.9 Å². The first kappa shape index (κ1) is 17.6. The molecule has 0 fully saturated rings. The molecule has 0 amide bonds. The van der Waals surface area contributed by atoms with Crippen molar-refractivity contribution in [1.29, 1.82) is 0 Å². The number of hydrogen-bond donors (Lipinski definition) is 1. The molecule has 0 saturated heterocycles. The smallest absolute Gasteiger partial charge is 0.436 e. The quantitative estimate of drug-likeness (QED) is 0.657. The maximum Gasteiger partial charge on any atom is 0.436 e. The van der Waals surface area contributed by atoms with E-state index in [2.05, 4.69) is 4.52 Å². The van der Waals surface area contributed by atoms with Gasteiger partial charge in [0.1, 0.15) is 11.5 Å². The summed E-state index contributed by atoms with van der Waals surface area (Å²) in [6.45, 7) is 1.45. The average Bonchev–Trinajstić information content (AvgIpc) is 2.30. The van der Waals surface area contributed by atoms with Crippen LogP contribution < -0.4 is 9.47 Å². The zero-order valence-electron chi connectivity index (χ0n) is 10.5. The molecule has 0 aliphatic rings. The molecule has 1 N–H and O–H groups in total. The van der Waals surface area contributed by atoms with Crippen molar-refractivity contribution < 1.29 is 28.3 Å². The van der Waals surface area contributed by atoms with Crippen molar-refractivity contribution in [3.05, 3.63) is 24.3 Å². The van der Waals surface area contributed by atoms with E-state index >= 15 is 0 Å². The third-order valence-corrected chi connectivity index (χ3v) is 2.96. The average molecular weight is 283 g/mol. The minimum absolute atomic E-state index is 0. The minimum atomic E-state index is -4.36. The van der Waals surface area contributed by atoms with Crippen LogP contribution in [-0.2, 0) is 9.09 Å². The van der Waals surface area contributed by atoms with Gasteiger partial charge >= 0.3 is 13.3 Å². The van der Waals surface area contributed by atoms with Crippen LogP contribution in [0.25, 0.3) is 0 Å². The Labute approximate surface area is 127 Å². The van der Waals surface area contributed by atoms with Gasteiger partial charge in [0.2, 0.25) is 0 Å². The molecule has 1 unspecified atom stereocenters. The monoisotopic (exact) mass is 283 g/mol. The van der Waals surface area contributed by atoms with Gasteiger partial charge < -0.3 is 18.9 Å². The molecule has 0 heterocycles. The van der Waals surface area contributed by atoms with Crippen LogP contribution in [0.15, 0.2) is 24.3 Å². The van der Waals surface area contributed by atoms with Gasteiger partial charge in [0.05, 0.1) is 13.7 Å². The van der Waals surface area contributed by atoms with Gasteiger partial charge in [-0.25, -0.2) is 9.36 Å². The Morgan fingerprint density at radius 2 is 1.78 bits per heavy atom. The minimum Gasteiger partial charge on any atom is -0.497 e. The predicted molar refractivity (Wildman–Crippen MR) is 66.2 cm³/mol. The molecular weight excluding hydrogens is 270 g/mol. The van der Waals surface area contributed by atoms with E-state index in [-0.39, 0.29) is 41.9 Å². The number of ether oxygens (including phenoxy) is 2. The van der Waals surface area contributed by atoms with Crippen LogP contribution in [0, 0.1) is 0 Å². The van der Waals surface area contributed by atoms with Crippen LogP contribution in [0.1, 0.15) is 6.92 Å². The Kier molecular flexibility index (Phi) is 7.78. The van der Waals surface area contributed by atoms with E-state index in [1.165, 1.54) is 26.2 Å². The number of rotatable bonds is 5. The fourth-order valence-corrected chi connectivity index (χ4v) is 1.71. The summed E-state index contributed by atoms with van der Waals surface area (Å²) >= 11 is 0. The van der Waals surface area contributed by atoms with E-state index in [4.69, 9.17) is 9.47 Å². The van der Waals surface area contributed by atoms with Gasteiger partial charge in [-0.3, -0.25) is 0 Å². The normalized spacial score (nSPS) is 13.1. The molecule has 8 heteroatoms. The number of carbonyl (C=O) groups is 1. The first-order valence-corrected chi connectivity index (χ1v) is 6.41. The van der Waals surface area contributed by atoms with Gasteiger partial charge in [0.25, 0.3) is 0 Å². The molecule has 0 aromatic heterocycles. The molecule has 1 aromatic carbocycles. The van der Waals surface area contributed by atoms with E-state index in [1.54, 1.807) is 12.1 Å². The summed E-state index contributed by atoms with van der Waals surface area (Å²) in [5.41, 5.74) is -1.30. The summed E-state index contributed by atoms with van der Waals surface area (Å²) in [6.07, 6.45) is 0. The van der Waals surface area contributed by atoms with E-state index < -0.39 is 13.3 Å². The zero-order valence-corrected chi connectivity index (χ0v) is 13.3. The Hall–Kier alpha value is -0.360. The molecule has 0 bridgehead atoms. The number of methoxy groups -OCH3 is 1. The summed E-state index contributed by atoms with van der Waals surface area (Å²) < 4.78 is 25.3. The third kappa shape index (κ3) is 5.10. The Morgan fingerprint density at radius 3 is 2.22 bits per heavy atom. The number of carbonyl (C=O) groups excluding carboxylic acids is 1. The second-order valence-electron chi connectivity index (χ2n) is 2.98. The van der Waals surface area contributed by atoms with Crippen molar-refractivity contribution in [2.45, 2.75) is 6.92 Å². The molecule has 0 spiro atoms. The van der Waals surface area contributed by atoms with Crippen molar-refractivity contribution in [1.82, 2.24) is 0 Å². The van der Waals surface area contributed by atoms with Gasteiger partial charge in [-0.15, -0.1) is 0 Å². The summed E-state index contributed by atoms with van der Waals surface area (Å²) in [6, 6.07) is 6.02. The van der Waals surface area contributed by atoms with Gasteiger partial charge in [-0.1, -0.05) is 0 Å². The van der Waals surface area contributed by atoms with Crippen molar-refractivity contribution in [2.24, 2.45) is 0 Å². The molecule has 0 aliphatic carbocycles. The maximum absolute atomic E-state index is 11.3. The van der Waals surface area contributed by atoms with Crippen LogP contribution in [0.4, 0.5) is 4.79 Å². The Bertz CT molecular complexity index is 432. The largest absolute Gasteiger partial charge is 0.497 e. The molecule has 18 heavy (non-hydrogen) atoms. The van der Waals surface area contributed by atoms with E-state index in [0.717, 1.165) is 0 Å². The fraction of sp³-hybridized carbons (Fsp3) is 0.300. The molecule has 6 nitrogen and oxygen atoms in total. The third-order valence-electron chi connectivity index (χ3n) is 1.80. The molecule has 1 radical (unpaired) electrons. The maximum atomic E-state index is 11.3. The zero-order chi connectivity index (χ0) is 12.9. The Morgan fingerprint density at radius 1 is 1.28 bits per heavy atom. The fourth-order valence-electron chi connectivity index (χ4n) is 1.03. The topological polar surface area (TPSA) is 82.1 Å². The summed E-state index contributed by atoms with van der Waals surface area (Å²) in [4.78, 5) is 20.5. The summed E-state index contributed by atoms with van der Waals surface area (Å²) in [5, 5.41) is 0. The molecular formula is C10H13NaO6P. The van der Waals surface area contributed by atoms with Crippen molar-refractivity contribution in [3.8, 4) is 11.5 Å². The molecule has 1 atom stereocenters. The number of hydrogen-bond acceptors (Lipinski definition) is 5. The number of benzene rings is 1. The first-order chi connectivity index (χ1) is 7.99. The van der Waals surface area contributed by atoms with Crippen molar-refractivity contribution in [3.63, 3.8) is 0 Å². The summed E-state index contributed by atoms with van der Waals surface area (Å²) in [5.74, 6) is 0.728. The predicted octanol–water partition coefficient (Wildman–Crippen LogP) is 2.04. The molecule has 0 aliphatic heterocycles. The van der Waals surface area contributed by atoms with Gasteiger partial charge in [0, 0.05) is 29.6 Å². The molecule has 95 valence electrons. The first-order valence-electron chi connectivity index (χ1n) is 4.83. The van der Waals surface area contributed by atoms with E-state index in [0.29, 0.717) is 5.75 Å².